The molecule has 0 saturated heterocycles. The number of aromatic nitrogens is 2. The van der Waals surface area contributed by atoms with Crippen molar-refractivity contribution in [1.82, 2.24) is 9.78 Å². The first kappa shape index (κ1) is 14.4. The number of hydrogen-bond acceptors (Lipinski definition) is 3. The molecule has 2 aromatic rings. The second kappa shape index (κ2) is 6.46. The summed E-state index contributed by atoms with van der Waals surface area (Å²) in [6, 6.07) is 8.15. The van der Waals surface area contributed by atoms with Crippen molar-refractivity contribution in [1.29, 1.82) is 0 Å². The number of nitrogens with zero attached hydrogens (tertiary/aromatic N) is 2. The molecule has 1 heterocycles. The van der Waals surface area contributed by atoms with Crippen LogP contribution < -0.4 is 0 Å². The zero-order valence-corrected chi connectivity index (χ0v) is 12.6. The van der Waals surface area contributed by atoms with Gasteiger partial charge in [0.1, 0.15) is 6.10 Å². The van der Waals surface area contributed by atoms with Crippen molar-refractivity contribution < 1.29 is 5.11 Å². The van der Waals surface area contributed by atoms with E-state index in [1.165, 1.54) is 10.5 Å². The summed E-state index contributed by atoms with van der Waals surface area (Å²) in [7, 11) is 0. The molecule has 0 radical (unpaired) electrons. The van der Waals surface area contributed by atoms with Crippen molar-refractivity contribution in [3.8, 4) is 0 Å². The minimum absolute atomic E-state index is 0.528. The lowest BCUT2D eigenvalue weighted by atomic mass is 10.2. The summed E-state index contributed by atoms with van der Waals surface area (Å²) >= 11 is 7.71. The third-order valence-corrected chi connectivity index (χ3v) is 4.48. The number of aryl methyl sites for hydroxylation is 2. The van der Waals surface area contributed by atoms with Crippen molar-refractivity contribution in [2.75, 3.05) is 5.75 Å². The fourth-order valence-corrected chi connectivity index (χ4v) is 3.15. The number of rotatable bonds is 5. The molecule has 0 aliphatic heterocycles. The second-order valence-corrected chi connectivity index (χ2v) is 5.75. The summed E-state index contributed by atoms with van der Waals surface area (Å²) in [6.07, 6.45) is 0.974. The van der Waals surface area contributed by atoms with Crippen LogP contribution in [0.4, 0.5) is 0 Å². The van der Waals surface area contributed by atoms with Gasteiger partial charge in [0.15, 0.2) is 0 Å². The van der Waals surface area contributed by atoms with Crippen molar-refractivity contribution in [3.63, 3.8) is 0 Å². The van der Waals surface area contributed by atoms with Crippen LogP contribution in [-0.4, -0.2) is 20.6 Å². The van der Waals surface area contributed by atoms with Gasteiger partial charge in [-0.3, -0.25) is 4.68 Å². The molecule has 1 N–H and O–H groups in total. The van der Waals surface area contributed by atoms with Crippen LogP contribution >= 0.6 is 23.4 Å². The quantitative estimate of drug-likeness (QED) is 0.855. The minimum atomic E-state index is -0.612. The molecule has 0 fully saturated rings. The Morgan fingerprint density at radius 2 is 2.16 bits per heavy atom. The van der Waals surface area contributed by atoms with E-state index < -0.39 is 6.10 Å². The van der Waals surface area contributed by atoms with Gasteiger partial charge in [-0.1, -0.05) is 29.8 Å². The highest BCUT2D eigenvalue weighted by molar-refractivity contribution is 7.99. The number of hydrogen-bond donors (Lipinski definition) is 1. The lowest BCUT2D eigenvalue weighted by Gasteiger charge is -2.13. The van der Waals surface area contributed by atoms with E-state index in [0.29, 0.717) is 23.0 Å². The second-order valence-electron chi connectivity index (χ2n) is 4.29. The molecule has 0 aliphatic carbocycles. The Hall–Kier alpha value is -0.970. The van der Waals surface area contributed by atoms with Gasteiger partial charge in [0.05, 0.1) is 16.9 Å². The van der Waals surface area contributed by atoms with E-state index >= 15 is 0 Å². The molecular formula is C14H17ClN2OS. The molecule has 19 heavy (non-hydrogen) atoms. The Morgan fingerprint density at radius 3 is 2.84 bits per heavy atom. The third-order valence-electron chi connectivity index (χ3n) is 2.94. The van der Waals surface area contributed by atoms with Crippen LogP contribution in [0.25, 0.3) is 0 Å². The van der Waals surface area contributed by atoms with Gasteiger partial charge in [0.2, 0.25) is 0 Å². The van der Waals surface area contributed by atoms with Gasteiger partial charge in [-0.2, -0.15) is 5.10 Å². The number of thioether (sulfide) groups is 1. The molecule has 0 amide bonds. The molecule has 1 aromatic heterocycles. The van der Waals surface area contributed by atoms with Crippen LogP contribution in [-0.2, 0) is 6.54 Å². The summed E-state index contributed by atoms with van der Waals surface area (Å²) in [5.74, 6) is 0.566. The number of benzene rings is 1. The zero-order valence-electron chi connectivity index (χ0n) is 11.0. The first-order chi connectivity index (χ1) is 9.13. The van der Waals surface area contributed by atoms with E-state index in [4.69, 9.17) is 11.6 Å². The Morgan fingerprint density at radius 1 is 1.42 bits per heavy atom. The van der Waals surface area contributed by atoms with Crippen LogP contribution in [0.15, 0.2) is 35.4 Å². The lowest BCUT2D eigenvalue weighted by Crippen LogP contribution is -2.10. The standard InChI is InChI=1S/C14H17ClN2OS/c1-3-17-14(11(15)8-16-17)12(18)9-19-13-7-5-4-6-10(13)2/h4-8,12,18H,3,9H2,1-2H3. The van der Waals surface area contributed by atoms with Gasteiger partial charge in [-0.25, -0.2) is 0 Å². The number of aliphatic hydroxyl groups excluding tert-OH is 1. The van der Waals surface area contributed by atoms with E-state index in [0.717, 1.165) is 0 Å². The van der Waals surface area contributed by atoms with Crippen LogP contribution in [0.3, 0.4) is 0 Å². The minimum Gasteiger partial charge on any atom is -0.386 e. The largest absolute Gasteiger partial charge is 0.386 e. The Labute approximate surface area is 122 Å². The van der Waals surface area contributed by atoms with Gasteiger partial charge >= 0.3 is 0 Å². The first-order valence-corrected chi connectivity index (χ1v) is 7.57. The summed E-state index contributed by atoms with van der Waals surface area (Å²) in [4.78, 5) is 1.18. The van der Waals surface area contributed by atoms with Crippen molar-refractivity contribution in [3.05, 3.63) is 46.7 Å². The Balaban J connectivity index is 2.07. The van der Waals surface area contributed by atoms with Crippen molar-refractivity contribution in [2.24, 2.45) is 0 Å². The average Bonchev–Trinajstić information content (AvgIpc) is 2.78. The highest BCUT2D eigenvalue weighted by Crippen LogP contribution is 2.30. The van der Waals surface area contributed by atoms with Crippen molar-refractivity contribution in [2.45, 2.75) is 31.4 Å². The van der Waals surface area contributed by atoms with Gasteiger partial charge in [-0.05, 0) is 25.5 Å². The molecule has 0 spiro atoms. The SMILES string of the molecule is CCn1ncc(Cl)c1C(O)CSc1ccccc1C. The maximum Gasteiger partial charge on any atom is 0.106 e. The molecule has 102 valence electrons. The van der Waals surface area contributed by atoms with Gasteiger partial charge in [0.25, 0.3) is 0 Å². The predicted molar refractivity (Wildman–Crippen MR) is 79.8 cm³/mol. The average molecular weight is 297 g/mol. The summed E-state index contributed by atoms with van der Waals surface area (Å²) in [6.45, 7) is 4.75. The molecule has 0 saturated carbocycles. The topological polar surface area (TPSA) is 38.0 Å². The smallest absolute Gasteiger partial charge is 0.106 e. The lowest BCUT2D eigenvalue weighted by molar-refractivity contribution is 0.192. The molecule has 1 atom stereocenters. The molecule has 1 unspecified atom stereocenters. The molecule has 2 rings (SSSR count). The van der Waals surface area contributed by atoms with Crippen LogP contribution in [0.2, 0.25) is 5.02 Å². The highest BCUT2D eigenvalue weighted by atomic mass is 35.5. The van der Waals surface area contributed by atoms with E-state index in [2.05, 4.69) is 24.2 Å². The van der Waals surface area contributed by atoms with Crippen molar-refractivity contribution >= 4 is 23.4 Å². The fraction of sp³-hybridized carbons (Fsp3) is 0.357. The van der Waals surface area contributed by atoms with E-state index in [-0.39, 0.29) is 0 Å². The molecule has 0 bridgehead atoms. The van der Waals surface area contributed by atoms with E-state index in [1.54, 1.807) is 22.6 Å². The predicted octanol–water partition coefficient (Wildman–Crippen LogP) is 3.69. The molecule has 1 aromatic carbocycles. The molecular weight excluding hydrogens is 280 g/mol. The fourth-order valence-electron chi connectivity index (χ4n) is 1.92. The summed E-state index contributed by atoms with van der Waals surface area (Å²) in [5, 5.41) is 15.0. The highest BCUT2D eigenvalue weighted by Gasteiger charge is 2.17. The van der Waals surface area contributed by atoms with Crippen LogP contribution in [0.1, 0.15) is 24.3 Å². The molecule has 3 nitrogen and oxygen atoms in total. The maximum absolute atomic E-state index is 10.3. The van der Waals surface area contributed by atoms with Gasteiger partial charge in [-0.15, -0.1) is 11.8 Å². The Kier molecular flexibility index (Phi) is 4.91. The van der Waals surface area contributed by atoms with Crippen LogP contribution in [0, 0.1) is 6.92 Å². The molecule has 5 heteroatoms. The summed E-state index contributed by atoms with van der Waals surface area (Å²) < 4.78 is 1.74. The number of aliphatic hydroxyl groups is 1. The van der Waals surface area contributed by atoms with Gasteiger partial charge < -0.3 is 5.11 Å². The molecule has 0 aliphatic rings. The van der Waals surface area contributed by atoms with E-state index in [9.17, 15) is 5.11 Å². The van der Waals surface area contributed by atoms with Crippen LogP contribution in [0.5, 0.6) is 0 Å². The normalized spacial score (nSPS) is 12.6. The third kappa shape index (κ3) is 3.32. The van der Waals surface area contributed by atoms with Gasteiger partial charge in [0, 0.05) is 17.2 Å². The summed E-state index contributed by atoms with van der Waals surface area (Å²) in [5.41, 5.74) is 1.92. The first-order valence-electron chi connectivity index (χ1n) is 6.21. The zero-order chi connectivity index (χ0) is 13.8. The Bertz CT molecular complexity index is 556. The maximum atomic E-state index is 10.3. The number of halogens is 1. The van der Waals surface area contributed by atoms with E-state index in [1.807, 2.05) is 19.1 Å². The monoisotopic (exact) mass is 296 g/mol.